The molecule has 0 saturated heterocycles. The van der Waals surface area contributed by atoms with Crippen LogP contribution in [0.25, 0.3) is 0 Å². The molecule has 0 unspecified atom stereocenters. The highest BCUT2D eigenvalue weighted by molar-refractivity contribution is 7.16. The Labute approximate surface area is 130 Å². The molecule has 2 aromatic rings. The summed E-state index contributed by atoms with van der Waals surface area (Å²) in [6.07, 6.45) is 4.44. The summed E-state index contributed by atoms with van der Waals surface area (Å²) >= 11 is 13.1. The third kappa shape index (κ3) is 3.79. The van der Waals surface area contributed by atoms with Crippen molar-refractivity contribution < 1.29 is 4.79 Å². The summed E-state index contributed by atoms with van der Waals surface area (Å²) < 4.78 is 0.688. The molecule has 0 aliphatic heterocycles. The lowest BCUT2D eigenvalue weighted by Gasteiger charge is -2.19. The van der Waals surface area contributed by atoms with Crippen molar-refractivity contribution in [2.24, 2.45) is 0 Å². The van der Waals surface area contributed by atoms with Gasteiger partial charge in [0.15, 0.2) is 0 Å². The molecule has 0 fully saturated rings. The average Bonchev–Trinajstić information content (AvgIpc) is 2.83. The number of thiophene rings is 1. The van der Waals surface area contributed by atoms with Crippen LogP contribution in [-0.4, -0.2) is 27.3 Å². The first-order chi connectivity index (χ1) is 9.60. The van der Waals surface area contributed by atoms with E-state index in [1.54, 1.807) is 17.0 Å². The highest BCUT2D eigenvalue weighted by Crippen LogP contribution is 2.23. The van der Waals surface area contributed by atoms with E-state index in [1.165, 1.54) is 23.7 Å². The molecule has 7 heteroatoms. The Morgan fingerprint density at radius 2 is 2.20 bits per heavy atom. The van der Waals surface area contributed by atoms with Crippen molar-refractivity contribution in [1.29, 1.82) is 0 Å². The predicted molar refractivity (Wildman–Crippen MR) is 81.3 cm³/mol. The van der Waals surface area contributed by atoms with E-state index in [1.807, 2.05) is 6.07 Å². The first-order valence-corrected chi connectivity index (χ1v) is 7.29. The van der Waals surface area contributed by atoms with E-state index < -0.39 is 0 Å². The molecule has 0 aromatic carbocycles. The second-order valence-electron chi connectivity index (χ2n) is 3.91. The van der Waals surface area contributed by atoms with Gasteiger partial charge in [-0.3, -0.25) is 9.78 Å². The lowest BCUT2D eigenvalue weighted by Crippen LogP contribution is -2.31. The van der Waals surface area contributed by atoms with Crippen LogP contribution in [0.2, 0.25) is 9.49 Å². The molecule has 2 heterocycles. The lowest BCUT2D eigenvalue weighted by molar-refractivity contribution is 0.0758. The Morgan fingerprint density at radius 3 is 2.80 bits per heavy atom. The maximum absolute atomic E-state index is 12.4. The van der Waals surface area contributed by atoms with Crippen LogP contribution in [0.1, 0.15) is 15.4 Å². The number of amides is 1. The summed E-state index contributed by atoms with van der Waals surface area (Å²) in [6.45, 7) is 4.51. The van der Waals surface area contributed by atoms with Crippen LogP contribution in [0, 0.1) is 0 Å². The van der Waals surface area contributed by atoms with Crippen LogP contribution < -0.4 is 0 Å². The van der Waals surface area contributed by atoms with Gasteiger partial charge in [-0.25, -0.2) is 4.98 Å². The predicted octanol–water partition coefficient (Wildman–Crippen LogP) is 3.67. The molecule has 2 rings (SSSR count). The van der Waals surface area contributed by atoms with Gasteiger partial charge in [-0.05, 0) is 12.1 Å². The standard InChI is InChI=1S/C13H11Cl2N3OS/c1-2-5-18(8-9-3-4-12(15)20-9)13(19)10-6-16-7-11(14)17-10/h2-4,6-7H,1,5,8H2. The van der Waals surface area contributed by atoms with Crippen molar-refractivity contribution in [2.75, 3.05) is 6.54 Å². The first-order valence-electron chi connectivity index (χ1n) is 5.72. The zero-order chi connectivity index (χ0) is 14.5. The molecule has 0 aliphatic carbocycles. The molecular formula is C13H11Cl2N3OS. The fourth-order valence-electron chi connectivity index (χ4n) is 1.61. The Balaban J connectivity index is 2.19. The number of aromatic nitrogens is 2. The highest BCUT2D eigenvalue weighted by atomic mass is 35.5. The minimum Gasteiger partial charge on any atom is -0.328 e. The fraction of sp³-hybridized carbons (Fsp3) is 0.154. The fourth-order valence-corrected chi connectivity index (χ4v) is 2.86. The van der Waals surface area contributed by atoms with E-state index in [4.69, 9.17) is 23.2 Å². The largest absolute Gasteiger partial charge is 0.328 e. The monoisotopic (exact) mass is 327 g/mol. The van der Waals surface area contributed by atoms with Crippen molar-refractivity contribution in [2.45, 2.75) is 6.54 Å². The second kappa shape index (κ2) is 6.83. The number of nitrogens with zero attached hydrogens (tertiary/aromatic N) is 3. The molecule has 0 bridgehead atoms. The molecule has 0 spiro atoms. The van der Waals surface area contributed by atoms with Gasteiger partial charge in [0.2, 0.25) is 0 Å². The Hall–Kier alpha value is -1.43. The lowest BCUT2D eigenvalue weighted by atomic mass is 10.3. The smallest absolute Gasteiger partial charge is 0.274 e. The van der Waals surface area contributed by atoms with E-state index in [-0.39, 0.29) is 16.8 Å². The minimum atomic E-state index is -0.246. The number of carbonyl (C=O) groups excluding carboxylic acids is 1. The number of halogens is 2. The maximum atomic E-state index is 12.4. The van der Waals surface area contributed by atoms with Gasteiger partial charge < -0.3 is 4.90 Å². The molecule has 0 aliphatic rings. The van der Waals surface area contributed by atoms with E-state index in [0.29, 0.717) is 17.4 Å². The normalized spacial score (nSPS) is 10.3. The topological polar surface area (TPSA) is 46.1 Å². The maximum Gasteiger partial charge on any atom is 0.274 e. The van der Waals surface area contributed by atoms with Gasteiger partial charge in [0.05, 0.1) is 23.3 Å². The number of hydrogen-bond donors (Lipinski definition) is 0. The average molecular weight is 328 g/mol. The quantitative estimate of drug-likeness (QED) is 0.787. The molecule has 0 radical (unpaired) electrons. The van der Waals surface area contributed by atoms with Gasteiger partial charge in [-0.15, -0.1) is 17.9 Å². The zero-order valence-corrected chi connectivity index (χ0v) is 12.8. The molecule has 2 aromatic heterocycles. The molecule has 104 valence electrons. The van der Waals surface area contributed by atoms with E-state index in [0.717, 1.165) is 4.88 Å². The Morgan fingerprint density at radius 1 is 1.40 bits per heavy atom. The molecule has 1 amide bonds. The van der Waals surface area contributed by atoms with Crippen LogP contribution in [-0.2, 0) is 6.54 Å². The van der Waals surface area contributed by atoms with Crippen molar-refractivity contribution in [1.82, 2.24) is 14.9 Å². The van der Waals surface area contributed by atoms with Crippen LogP contribution >= 0.6 is 34.5 Å². The van der Waals surface area contributed by atoms with Gasteiger partial charge in [0.1, 0.15) is 10.8 Å². The summed E-state index contributed by atoms with van der Waals surface area (Å²) in [6, 6.07) is 3.69. The van der Waals surface area contributed by atoms with E-state index in [2.05, 4.69) is 16.5 Å². The summed E-state index contributed by atoms with van der Waals surface area (Å²) in [5, 5.41) is 0.188. The number of rotatable bonds is 5. The van der Waals surface area contributed by atoms with Crippen molar-refractivity contribution in [3.05, 3.63) is 57.2 Å². The first kappa shape index (κ1) is 15.0. The van der Waals surface area contributed by atoms with Crippen molar-refractivity contribution >= 4 is 40.4 Å². The van der Waals surface area contributed by atoms with Crippen molar-refractivity contribution in [3.63, 3.8) is 0 Å². The molecule has 4 nitrogen and oxygen atoms in total. The van der Waals surface area contributed by atoms with Crippen LogP contribution in [0.5, 0.6) is 0 Å². The third-order valence-corrected chi connectivity index (χ3v) is 3.83. The Bertz CT molecular complexity index is 630. The van der Waals surface area contributed by atoms with Gasteiger partial charge in [0.25, 0.3) is 5.91 Å². The number of carbonyl (C=O) groups is 1. The van der Waals surface area contributed by atoms with Crippen LogP contribution in [0.15, 0.2) is 37.2 Å². The summed E-state index contributed by atoms with van der Waals surface area (Å²) in [5.74, 6) is -0.246. The molecular weight excluding hydrogens is 317 g/mol. The highest BCUT2D eigenvalue weighted by Gasteiger charge is 2.17. The zero-order valence-electron chi connectivity index (χ0n) is 10.4. The van der Waals surface area contributed by atoms with E-state index >= 15 is 0 Å². The molecule has 0 saturated carbocycles. The van der Waals surface area contributed by atoms with Gasteiger partial charge in [0, 0.05) is 11.4 Å². The van der Waals surface area contributed by atoms with Crippen molar-refractivity contribution in [3.8, 4) is 0 Å². The van der Waals surface area contributed by atoms with Crippen LogP contribution in [0.3, 0.4) is 0 Å². The Kier molecular flexibility index (Phi) is 5.11. The second-order valence-corrected chi connectivity index (χ2v) is 6.09. The molecule has 0 atom stereocenters. The van der Waals surface area contributed by atoms with Gasteiger partial charge in [-0.2, -0.15) is 0 Å². The summed E-state index contributed by atoms with van der Waals surface area (Å²) in [5.41, 5.74) is 0.210. The molecule has 0 N–H and O–H groups in total. The summed E-state index contributed by atoms with van der Waals surface area (Å²) in [4.78, 5) is 22.8. The van der Waals surface area contributed by atoms with E-state index in [9.17, 15) is 4.79 Å². The van der Waals surface area contributed by atoms with Gasteiger partial charge >= 0.3 is 0 Å². The molecule has 20 heavy (non-hydrogen) atoms. The third-order valence-electron chi connectivity index (χ3n) is 2.44. The SMILES string of the molecule is C=CCN(Cc1ccc(Cl)s1)C(=O)c1cncc(Cl)n1. The summed E-state index contributed by atoms with van der Waals surface area (Å²) in [7, 11) is 0. The van der Waals surface area contributed by atoms with Gasteiger partial charge in [-0.1, -0.05) is 29.3 Å². The minimum absolute atomic E-state index is 0.188. The number of hydrogen-bond acceptors (Lipinski definition) is 4. The van der Waals surface area contributed by atoms with Crippen LogP contribution in [0.4, 0.5) is 0 Å².